The predicted octanol–water partition coefficient (Wildman–Crippen LogP) is 21.4. The van der Waals surface area contributed by atoms with Gasteiger partial charge in [0.1, 0.15) is 0 Å². The maximum atomic E-state index is 10.6. The lowest BCUT2D eigenvalue weighted by molar-refractivity contribution is 0.549. The van der Waals surface area contributed by atoms with Gasteiger partial charge in [0.2, 0.25) is 0 Å². The zero-order chi connectivity index (χ0) is 65.1. The van der Waals surface area contributed by atoms with Crippen LogP contribution in [-0.4, -0.2) is 34.5 Å². The summed E-state index contributed by atoms with van der Waals surface area (Å²) < 4.78 is 2.29. The van der Waals surface area contributed by atoms with Gasteiger partial charge in [-0.15, -0.1) is 0 Å². The Morgan fingerprint density at radius 3 is 1.04 bits per heavy atom. The van der Waals surface area contributed by atoms with E-state index >= 15 is 0 Å². The molecule has 0 aliphatic carbocycles. The SMILES string of the molecule is CC(C)(C)c1ccc(-c2nc(-c3ccc(C(C)(C)C)cc3)nc(-c3cc(C#N)ccc3-n3c4ccccc4c4cc(-c5nc(-c6c(C(C)(C)C)cc(C(C)(C)C)cc6C(C)(C)C)nc(-c6c(C(C)(C)C)cc(C(C)(C)C)cc6C(C)(C)C)n5)ccc43)n2)cc1. The summed E-state index contributed by atoms with van der Waals surface area (Å²) in [6.45, 7) is 54.9. The Morgan fingerprint density at radius 1 is 0.303 bits per heavy atom. The predicted molar refractivity (Wildman–Crippen MR) is 374 cm³/mol. The van der Waals surface area contributed by atoms with Gasteiger partial charge >= 0.3 is 0 Å². The second-order valence-corrected chi connectivity index (χ2v) is 33.1. The second-order valence-electron chi connectivity index (χ2n) is 33.1. The molecular formula is C81H94N8. The smallest absolute Gasteiger partial charge is 0.166 e. The quantitative estimate of drug-likeness (QED) is 0.156. The molecule has 0 fully saturated rings. The van der Waals surface area contributed by atoms with Crippen LogP contribution in [0.15, 0.2) is 133 Å². The lowest BCUT2D eigenvalue weighted by Gasteiger charge is -2.34. The molecule has 0 amide bonds. The van der Waals surface area contributed by atoms with Crippen molar-refractivity contribution in [1.82, 2.24) is 34.5 Å². The van der Waals surface area contributed by atoms with Crippen LogP contribution in [0.3, 0.4) is 0 Å². The van der Waals surface area contributed by atoms with Crippen LogP contribution in [0.5, 0.6) is 0 Å². The first-order valence-corrected chi connectivity index (χ1v) is 31.8. The lowest BCUT2D eigenvalue weighted by atomic mass is 9.71. The van der Waals surface area contributed by atoms with E-state index in [9.17, 15) is 5.26 Å². The molecular weight excluding hydrogens is 1080 g/mol. The molecule has 3 aromatic heterocycles. The maximum Gasteiger partial charge on any atom is 0.166 e. The van der Waals surface area contributed by atoms with E-state index in [1.165, 1.54) is 44.5 Å². The third kappa shape index (κ3) is 12.7. The Balaban J connectivity index is 1.27. The Hall–Kier alpha value is -8.15. The number of hydrogen-bond donors (Lipinski definition) is 0. The van der Waals surface area contributed by atoms with E-state index in [4.69, 9.17) is 29.9 Å². The number of nitrogens with zero attached hydrogens (tertiary/aromatic N) is 8. The fourth-order valence-electron chi connectivity index (χ4n) is 12.1. The van der Waals surface area contributed by atoms with Gasteiger partial charge in [-0.25, -0.2) is 29.9 Å². The molecule has 10 aromatic rings. The molecule has 0 saturated carbocycles. The first-order chi connectivity index (χ1) is 41.1. The van der Waals surface area contributed by atoms with Crippen molar-refractivity contribution in [1.29, 1.82) is 5.26 Å². The van der Waals surface area contributed by atoms with Gasteiger partial charge in [0, 0.05) is 44.2 Å². The third-order valence-electron chi connectivity index (χ3n) is 17.5. The Labute approximate surface area is 531 Å². The highest BCUT2D eigenvalue weighted by molar-refractivity contribution is 6.11. The average molecular weight is 1180 g/mol. The van der Waals surface area contributed by atoms with Gasteiger partial charge in [-0.05, 0) is 130 Å². The van der Waals surface area contributed by atoms with Crippen LogP contribution < -0.4 is 0 Å². The van der Waals surface area contributed by atoms with Crippen LogP contribution >= 0.6 is 0 Å². The second kappa shape index (κ2) is 22.1. The zero-order valence-corrected chi connectivity index (χ0v) is 57.8. The normalized spacial score (nSPS) is 13.2. The number of fused-ring (bicyclic) bond motifs is 3. The molecule has 0 bridgehead atoms. The minimum absolute atomic E-state index is 0.0356. The highest BCUT2D eigenvalue weighted by Crippen LogP contribution is 2.47. The van der Waals surface area contributed by atoms with E-state index in [0.717, 1.165) is 55.3 Å². The molecule has 0 unspecified atom stereocenters. The average Bonchev–Trinajstić information content (AvgIpc) is 1.74. The summed E-state index contributed by atoms with van der Waals surface area (Å²) in [5, 5.41) is 12.7. The highest BCUT2D eigenvalue weighted by Gasteiger charge is 2.35. The van der Waals surface area contributed by atoms with Gasteiger partial charge < -0.3 is 4.57 Å². The molecule has 89 heavy (non-hydrogen) atoms. The molecule has 3 heterocycles. The number of nitriles is 1. The Morgan fingerprint density at radius 2 is 0.652 bits per heavy atom. The topological polar surface area (TPSA) is 106 Å². The van der Waals surface area contributed by atoms with E-state index in [0.29, 0.717) is 46.1 Å². The highest BCUT2D eigenvalue weighted by atomic mass is 15.1. The van der Waals surface area contributed by atoms with Crippen LogP contribution in [0, 0.1) is 11.3 Å². The minimum Gasteiger partial charge on any atom is -0.308 e. The number of rotatable bonds is 7. The van der Waals surface area contributed by atoms with Gasteiger partial charge in [-0.2, -0.15) is 5.26 Å². The van der Waals surface area contributed by atoms with Crippen LogP contribution in [0.2, 0.25) is 0 Å². The summed E-state index contributed by atoms with van der Waals surface area (Å²) in [5.74, 6) is 3.48. The zero-order valence-electron chi connectivity index (χ0n) is 57.8. The molecule has 8 heteroatoms. The van der Waals surface area contributed by atoms with E-state index < -0.39 is 0 Å². The fourth-order valence-corrected chi connectivity index (χ4v) is 12.1. The van der Waals surface area contributed by atoms with Gasteiger partial charge in [-0.3, -0.25) is 0 Å². The molecule has 0 atom stereocenters. The standard InChI is InChI=1S/C81H94N8/c1-74(2,3)52-35-30-49(31-36-52)68-83-69(50-32-37-53(38-33-50)75(4,5)6)85-71(84-68)58-41-48(47-82)29-39-65(58)89-63-28-26-25-27-56(63)57-42-51(34-40-64(57)89)70-86-72(66-59(78(13,14)15)43-54(76(7,8)9)44-60(66)79(16,17)18)88-73(87-70)67-61(80(19,20)21)45-55(77(10,11)12)46-62(67)81(22,23)24/h25-46H,1-24H3. The molecule has 8 nitrogen and oxygen atoms in total. The van der Waals surface area contributed by atoms with Gasteiger partial charge in [0.25, 0.3) is 0 Å². The summed E-state index contributed by atoms with van der Waals surface area (Å²) in [6, 6.07) is 50.2. The lowest BCUT2D eigenvalue weighted by Crippen LogP contribution is -2.24. The summed E-state index contributed by atoms with van der Waals surface area (Å²) in [6.07, 6.45) is 0. The molecule has 0 aliphatic heterocycles. The monoisotopic (exact) mass is 1180 g/mol. The van der Waals surface area contributed by atoms with Crippen LogP contribution in [0.1, 0.15) is 216 Å². The van der Waals surface area contributed by atoms with Crippen molar-refractivity contribution in [3.8, 4) is 80.1 Å². The minimum atomic E-state index is -0.268. The van der Waals surface area contributed by atoms with Crippen molar-refractivity contribution in [3.63, 3.8) is 0 Å². The van der Waals surface area contributed by atoms with E-state index in [1.807, 2.05) is 18.2 Å². The summed E-state index contributed by atoms with van der Waals surface area (Å²) in [7, 11) is 0. The molecule has 10 rings (SSSR count). The Kier molecular flexibility index (Phi) is 15.9. The molecule has 0 radical (unpaired) electrons. The first kappa shape index (κ1) is 63.9. The molecule has 0 spiro atoms. The maximum absolute atomic E-state index is 10.6. The number of aromatic nitrogens is 7. The van der Waals surface area contributed by atoms with Crippen molar-refractivity contribution in [2.24, 2.45) is 0 Å². The number of hydrogen-bond acceptors (Lipinski definition) is 7. The molecule has 0 N–H and O–H groups in total. The fraction of sp³-hybridized carbons (Fsp3) is 0.395. The molecule has 0 aliphatic rings. The third-order valence-corrected chi connectivity index (χ3v) is 17.5. The number of para-hydroxylation sites is 1. The van der Waals surface area contributed by atoms with Crippen molar-refractivity contribution in [3.05, 3.63) is 184 Å². The van der Waals surface area contributed by atoms with E-state index in [-0.39, 0.29) is 43.3 Å². The summed E-state index contributed by atoms with van der Waals surface area (Å²) in [4.78, 5) is 33.1. The van der Waals surface area contributed by atoms with E-state index in [2.05, 4.69) is 292 Å². The van der Waals surface area contributed by atoms with Crippen molar-refractivity contribution >= 4 is 21.8 Å². The number of benzene rings is 7. The molecule has 458 valence electrons. The van der Waals surface area contributed by atoms with Crippen LogP contribution in [0.4, 0.5) is 0 Å². The van der Waals surface area contributed by atoms with Crippen molar-refractivity contribution in [2.45, 2.75) is 209 Å². The van der Waals surface area contributed by atoms with Gasteiger partial charge in [0.05, 0.1) is 28.4 Å². The van der Waals surface area contributed by atoms with Crippen LogP contribution in [-0.2, 0) is 43.3 Å². The first-order valence-electron chi connectivity index (χ1n) is 31.8. The molecule has 7 aromatic carbocycles. The van der Waals surface area contributed by atoms with Gasteiger partial charge in [0.15, 0.2) is 34.9 Å². The largest absolute Gasteiger partial charge is 0.308 e. The van der Waals surface area contributed by atoms with Crippen molar-refractivity contribution < 1.29 is 0 Å². The van der Waals surface area contributed by atoms with Crippen LogP contribution in [0.25, 0.3) is 95.8 Å². The summed E-state index contributed by atoms with van der Waals surface area (Å²) >= 11 is 0. The Bertz CT molecular complexity index is 4150. The van der Waals surface area contributed by atoms with Crippen molar-refractivity contribution in [2.75, 3.05) is 0 Å². The van der Waals surface area contributed by atoms with E-state index in [1.54, 1.807) is 0 Å². The van der Waals surface area contributed by atoms with Gasteiger partial charge in [-0.1, -0.05) is 257 Å². The summed E-state index contributed by atoms with van der Waals surface area (Å²) in [5.41, 5.74) is 17.2. The molecule has 0 saturated heterocycles.